The van der Waals surface area contributed by atoms with Gasteiger partial charge in [-0.15, -0.1) is 0 Å². The highest BCUT2D eigenvalue weighted by molar-refractivity contribution is 5.78. The Bertz CT molecular complexity index is 357. The molecule has 21 heavy (non-hydrogen) atoms. The van der Waals surface area contributed by atoms with Crippen molar-refractivity contribution in [2.45, 2.75) is 57.9 Å². The lowest BCUT2D eigenvalue weighted by atomic mass is 10.0. The normalized spacial score (nSPS) is 21.6. The van der Waals surface area contributed by atoms with Crippen molar-refractivity contribution in [2.24, 2.45) is 11.7 Å². The molecular weight excluding hydrogens is 266 g/mol. The molecule has 0 bridgehead atoms. The molecule has 5 nitrogen and oxygen atoms in total. The average Bonchev–Trinajstić information content (AvgIpc) is 2.97. The molecule has 2 fully saturated rings. The van der Waals surface area contributed by atoms with Gasteiger partial charge in [0, 0.05) is 45.1 Å². The molecule has 1 aliphatic carbocycles. The highest BCUT2D eigenvalue weighted by atomic mass is 16.2. The Kier molecular flexibility index (Phi) is 6.03. The van der Waals surface area contributed by atoms with Crippen LogP contribution in [0.15, 0.2) is 0 Å². The Balaban J connectivity index is 1.67. The van der Waals surface area contributed by atoms with E-state index in [0.29, 0.717) is 39.0 Å². The zero-order valence-corrected chi connectivity index (χ0v) is 13.2. The number of amides is 2. The van der Waals surface area contributed by atoms with Crippen molar-refractivity contribution in [3.63, 3.8) is 0 Å². The third kappa shape index (κ3) is 4.99. The standard InChI is InChI=1S/C16H29N3O2/c1-13(17)12-16(21)19-10-8-18(9-11-19)15(20)7-6-14-4-2-3-5-14/h13-14H,2-12,17H2,1H3. The van der Waals surface area contributed by atoms with Crippen molar-refractivity contribution >= 4 is 11.8 Å². The number of nitrogens with two attached hydrogens (primary N) is 1. The molecule has 0 radical (unpaired) electrons. The summed E-state index contributed by atoms with van der Waals surface area (Å²) in [6.45, 7) is 4.50. The third-order valence-corrected chi connectivity index (χ3v) is 4.72. The van der Waals surface area contributed by atoms with Crippen molar-refractivity contribution in [2.75, 3.05) is 26.2 Å². The van der Waals surface area contributed by atoms with E-state index in [1.54, 1.807) is 0 Å². The van der Waals surface area contributed by atoms with Crippen LogP contribution in [0.1, 0.15) is 51.9 Å². The van der Waals surface area contributed by atoms with Gasteiger partial charge in [-0.3, -0.25) is 9.59 Å². The molecule has 5 heteroatoms. The van der Waals surface area contributed by atoms with Gasteiger partial charge in [0.1, 0.15) is 0 Å². The molecule has 0 spiro atoms. The molecular formula is C16H29N3O2. The molecule has 2 rings (SSSR count). The number of hydrogen-bond acceptors (Lipinski definition) is 3. The van der Waals surface area contributed by atoms with Gasteiger partial charge in [0.2, 0.25) is 11.8 Å². The quantitative estimate of drug-likeness (QED) is 0.833. The van der Waals surface area contributed by atoms with E-state index in [1.165, 1.54) is 25.7 Å². The van der Waals surface area contributed by atoms with Gasteiger partial charge in [0.15, 0.2) is 0 Å². The Labute approximate surface area is 127 Å². The molecule has 1 heterocycles. The monoisotopic (exact) mass is 295 g/mol. The lowest BCUT2D eigenvalue weighted by Crippen LogP contribution is -2.51. The minimum Gasteiger partial charge on any atom is -0.339 e. The fourth-order valence-corrected chi connectivity index (χ4v) is 3.39. The van der Waals surface area contributed by atoms with Crippen LogP contribution in [0.4, 0.5) is 0 Å². The van der Waals surface area contributed by atoms with E-state index >= 15 is 0 Å². The van der Waals surface area contributed by atoms with Crippen LogP contribution in [0.5, 0.6) is 0 Å². The van der Waals surface area contributed by atoms with Gasteiger partial charge < -0.3 is 15.5 Å². The Morgan fingerprint density at radius 1 is 1.05 bits per heavy atom. The summed E-state index contributed by atoms with van der Waals surface area (Å²) < 4.78 is 0. The number of nitrogens with zero attached hydrogens (tertiary/aromatic N) is 2. The minimum absolute atomic E-state index is 0.0939. The summed E-state index contributed by atoms with van der Waals surface area (Å²) in [7, 11) is 0. The molecule has 1 saturated heterocycles. The first-order valence-corrected chi connectivity index (χ1v) is 8.37. The molecule has 2 aliphatic rings. The second kappa shape index (κ2) is 7.78. The second-order valence-electron chi connectivity index (χ2n) is 6.63. The molecule has 1 saturated carbocycles. The molecule has 1 unspecified atom stereocenters. The molecule has 0 aromatic carbocycles. The molecule has 1 aliphatic heterocycles. The maximum atomic E-state index is 12.2. The first-order valence-electron chi connectivity index (χ1n) is 8.37. The van der Waals surface area contributed by atoms with E-state index in [4.69, 9.17) is 5.73 Å². The second-order valence-corrected chi connectivity index (χ2v) is 6.63. The molecule has 2 amide bonds. The zero-order chi connectivity index (χ0) is 15.2. The number of hydrogen-bond donors (Lipinski definition) is 1. The van der Waals surface area contributed by atoms with E-state index in [0.717, 1.165) is 12.3 Å². The first kappa shape index (κ1) is 16.3. The fraction of sp³-hybridized carbons (Fsp3) is 0.875. The number of piperazine rings is 1. The third-order valence-electron chi connectivity index (χ3n) is 4.72. The number of rotatable bonds is 5. The highest BCUT2D eigenvalue weighted by Crippen LogP contribution is 2.28. The zero-order valence-electron chi connectivity index (χ0n) is 13.2. The van der Waals surface area contributed by atoms with E-state index in [2.05, 4.69) is 0 Å². The Morgan fingerprint density at radius 3 is 2.10 bits per heavy atom. The van der Waals surface area contributed by atoms with Crippen LogP contribution in [0, 0.1) is 5.92 Å². The lowest BCUT2D eigenvalue weighted by Gasteiger charge is -2.35. The average molecular weight is 295 g/mol. The first-order chi connectivity index (χ1) is 10.1. The summed E-state index contributed by atoms with van der Waals surface area (Å²) in [6, 6.07) is -0.0939. The van der Waals surface area contributed by atoms with E-state index < -0.39 is 0 Å². The lowest BCUT2D eigenvalue weighted by molar-refractivity contribution is -0.139. The van der Waals surface area contributed by atoms with Crippen LogP contribution < -0.4 is 5.73 Å². The maximum absolute atomic E-state index is 12.2. The summed E-state index contributed by atoms with van der Waals surface area (Å²) in [5, 5.41) is 0. The number of carbonyl (C=O) groups excluding carboxylic acids is 2. The van der Waals surface area contributed by atoms with Crippen molar-refractivity contribution in [3.8, 4) is 0 Å². The minimum atomic E-state index is -0.0939. The van der Waals surface area contributed by atoms with Crippen LogP contribution >= 0.6 is 0 Å². The van der Waals surface area contributed by atoms with Gasteiger partial charge in [-0.1, -0.05) is 25.7 Å². The van der Waals surface area contributed by atoms with Gasteiger partial charge >= 0.3 is 0 Å². The van der Waals surface area contributed by atoms with Crippen molar-refractivity contribution in [1.29, 1.82) is 0 Å². The van der Waals surface area contributed by atoms with E-state index in [-0.39, 0.29) is 17.9 Å². The SMILES string of the molecule is CC(N)CC(=O)N1CCN(C(=O)CCC2CCCC2)CC1. The van der Waals surface area contributed by atoms with Crippen LogP contribution in [-0.2, 0) is 9.59 Å². The van der Waals surface area contributed by atoms with Gasteiger partial charge in [-0.25, -0.2) is 0 Å². The summed E-state index contributed by atoms with van der Waals surface area (Å²) in [5.74, 6) is 1.15. The predicted molar refractivity (Wildman–Crippen MR) is 82.6 cm³/mol. The molecule has 0 aromatic heterocycles. The number of carbonyl (C=O) groups is 2. The highest BCUT2D eigenvalue weighted by Gasteiger charge is 2.25. The Morgan fingerprint density at radius 2 is 1.57 bits per heavy atom. The largest absolute Gasteiger partial charge is 0.339 e. The predicted octanol–water partition coefficient (Wildman–Crippen LogP) is 1.36. The van der Waals surface area contributed by atoms with Crippen LogP contribution in [0.25, 0.3) is 0 Å². The van der Waals surface area contributed by atoms with Gasteiger partial charge in [-0.2, -0.15) is 0 Å². The Hall–Kier alpha value is -1.10. The summed E-state index contributed by atoms with van der Waals surface area (Å²) in [5.41, 5.74) is 5.66. The van der Waals surface area contributed by atoms with Crippen LogP contribution in [0.3, 0.4) is 0 Å². The molecule has 2 N–H and O–H groups in total. The van der Waals surface area contributed by atoms with E-state index in [1.807, 2.05) is 16.7 Å². The van der Waals surface area contributed by atoms with Crippen LogP contribution in [0.2, 0.25) is 0 Å². The van der Waals surface area contributed by atoms with Crippen molar-refractivity contribution in [3.05, 3.63) is 0 Å². The summed E-state index contributed by atoms with van der Waals surface area (Å²) >= 11 is 0. The van der Waals surface area contributed by atoms with E-state index in [9.17, 15) is 9.59 Å². The molecule has 1 atom stereocenters. The van der Waals surface area contributed by atoms with Gasteiger partial charge in [0.05, 0.1) is 0 Å². The van der Waals surface area contributed by atoms with Gasteiger partial charge in [0.25, 0.3) is 0 Å². The van der Waals surface area contributed by atoms with Crippen molar-refractivity contribution < 1.29 is 9.59 Å². The maximum Gasteiger partial charge on any atom is 0.224 e. The van der Waals surface area contributed by atoms with Crippen LogP contribution in [-0.4, -0.2) is 53.8 Å². The summed E-state index contributed by atoms with van der Waals surface area (Å²) in [4.78, 5) is 27.9. The fourth-order valence-electron chi connectivity index (χ4n) is 3.39. The summed E-state index contributed by atoms with van der Waals surface area (Å²) in [6.07, 6.45) is 7.38. The van der Waals surface area contributed by atoms with Crippen molar-refractivity contribution in [1.82, 2.24) is 9.80 Å². The topological polar surface area (TPSA) is 66.6 Å². The molecule has 0 aromatic rings. The smallest absolute Gasteiger partial charge is 0.224 e. The van der Waals surface area contributed by atoms with Gasteiger partial charge in [-0.05, 0) is 19.3 Å². The molecule has 120 valence electrons.